The largest absolute Gasteiger partial charge is 0.344 e. The molecule has 1 aliphatic heterocycles. The second-order valence-corrected chi connectivity index (χ2v) is 9.29. The Morgan fingerprint density at radius 1 is 1.27 bits per heavy atom. The Morgan fingerprint density at radius 2 is 2.10 bits per heavy atom. The Balaban J connectivity index is 1.51. The number of nitrogens with zero attached hydrogens (tertiary/aromatic N) is 3. The molecule has 3 heterocycles. The van der Waals surface area contributed by atoms with Gasteiger partial charge in [0.2, 0.25) is 5.91 Å². The first-order valence-corrected chi connectivity index (χ1v) is 11.2. The highest BCUT2D eigenvalue weighted by Gasteiger charge is 2.33. The summed E-state index contributed by atoms with van der Waals surface area (Å²) in [5.74, 6) is 0.298. The van der Waals surface area contributed by atoms with Crippen LogP contribution in [0, 0.1) is 0 Å². The van der Waals surface area contributed by atoms with E-state index in [0.29, 0.717) is 31.0 Å². The quantitative estimate of drug-likeness (QED) is 0.581. The van der Waals surface area contributed by atoms with Crippen molar-refractivity contribution in [1.82, 2.24) is 14.8 Å². The molecule has 1 saturated heterocycles. The molecule has 0 N–H and O–H groups in total. The molecule has 7 heteroatoms. The fraction of sp³-hybridized carbons (Fsp3) is 0.348. The number of halogens is 1. The van der Waals surface area contributed by atoms with Gasteiger partial charge in [0, 0.05) is 56.1 Å². The summed E-state index contributed by atoms with van der Waals surface area (Å²) >= 11 is 7.49. The van der Waals surface area contributed by atoms with Crippen LogP contribution in [0.15, 0.2) is 42.6 Å². The van der Waals surface area contributed by atoms with E-state index in [2.05, 4.69) is 4.98 Å². The van der Waals surface area contributed by atoms with Gasteiger partial charge in [0.05, 0.1) is 4.88 Å². The summed E-state index contributed by atoms with van der Waals surface area (Å²) in [6.45, 7) is 1.36. The summed E-state index contributed by atoms with van der Waals surface area (Å²) in [5, 5.41) is 1.73. The van der Waals surface area contributed by atoms with Crippen LogP contribution in [-0.2, 0) is 11.2 Å². The highest BCUT2D eigenvalue weighted by Crippen LogP contribution is 2.39. The normalized spacial score (nSPS) is 16.2. The van der Waals surface area contributed by atoms with Crippen LogP contribution in [0.5, 0.6) is 0 Å². The number of benzene rings is 1. The van der Waals surface area contributed by atoms with Crippen molar-refractivity contribution in [3.63, 3.8) is 0 Å². The molecule has 0 radical (unpaired) electrons. The molecule has 1 atom stereocenters. The summed E-state index contributed by atoms with van der Waals surface area (Å²) in [5.41, 5.74) is 2.12. The molecule has 2 aromatic heterocycles. The zero-order valence-corrected chi connectivity index (χ0v) is 18.7. The average Bonchev–Trinajstić information content (AvgIpc) is 3.36. The van der Waals surface area contributed by atoms with Gasteiger partial charge < -0.3 is 9.80 Å². The molecule has 4 rings (SSSR count). The van der Waals surface area contributed by atoms with Crippen LogP contribution in [0.25, 0.3) is 10.2 Å². The number of likely N-dealkylation sites (tertiary alicyclic amines) is 1. The van der Waals surface area contributed by atoms with Crippen molar-refractivity contribution < 1.29 is 9.59 Å². The van der Waals surface area contributed by atoms with Gasteiger partial charge in [-0.25, -0.2) is 4.98 Å². The topological polar surface area (TPSA) is 53.5 Å². The van der Waals surface area contributed by atoms with E-state index in [1.165, 1.54) is 11.3 Å². The van der Waals surface area contributed by atoms with E-state index in [-0.39, 0.29) is 17.7 Å². The molecule has 3 aromatic rings. The van der Waals surface area contributed by atoms with Crippen molar-refractivity contribution in [3.8, 4) is 0 Å². The molecule has 2 amide bonds. The number of amides is 2. The van der Waals surface area contributed by atoms with Crippen molar-refractivity contribution in [2.45, 2.75) is 25.2 Å². The maximum atomic E-state index is 12.8. The highest BCUT2D eigenvalue weighted by molar-refractivity contribution is 7.20. The van der Waals surface area contributed by atoms with Gasteiger partial charge >= 0.3 is 0 Å². The van der Waals surface area contributed by atoms with Crippen molar-refractivity contribution >= 4 is 45.0 Å². The third-order valence-electron chi connectivity index (χ3n) is 5.57. The van der Waals surface area contributed by atoms with Gasteiger partial charge in [-0.1, -0.05) is 29.8 Å². The van der Waals surface area contributed by atoms with Crippen LogP contribution in [-0.4, -0.2) is 53.8 Å². The highest BCUT2D eigenvalue weighted by atomic mass is 35.5. The number of rotatable bonds is 5. The van der Waals surface area contributed by atoms with Crippen molar-refractivity contribution in [2.75, 3.05) is 27.2 Å². The summed E-state index contributed by atoms with van der Waals surface area (Å²) in [6, 6.07) is 11.6. The first-order valence-electron chi connectivity index (χ1n) is 10.1. The standard InChI is InChI=1S/C23H24ClN3O2S/c1-26(2)23(29)21-20(18-7-4-11-25-22(18)30-21)16-10-12-27(14-16)19(28)9-8-15-5-3-6-17(24)13-15/h3-7,11,13,16H,8-10,12,14H2,1-2H3/t16-/m1/s1. The molecule has 0 spiro atoms. The van der Waals surface area contributed by atoms with Crippen molar-refractivity contribution in [3.05, 3.63) is 63.6 Å². The molecule has 0 aliphatic carbocycles. The molecular weight excluding hydrogens is 418 g/mol. The molecule has 30 heavy (non-hydrogen) atoms. The van der Waals surface area contributed by atoms with E-state index < -0.39 is 0 Å². The minimum atomic E-state index is -0.00117. The Bertz CT molecular complexity index is 1090. The first-order chi connectivity index (χ1) is 14.4. The molecule has 0 saturated carbocycles. The number of thiophene rings is 1. The molecule has 1 fully saturated rings. The Kier molecular flexibility index (Phi) is 6.06. The van der Waals surface area contributed by atoms with Crippen LogP contribution < -0.4 is 0 Å². The summed E-state index contributed by atoms with van der Waals surface area (Å²) < 4.78 is 0. The summed E-state index contributed by atoms with van der Waals surface area (Å²) in [4.78, 5) is 35.2. The van der Waals surface area contributed by atoms with Crippen molar-refractivity contribution in [1.29, 1.82) is 0 Å². The van der Waals surface area contributed by atoms with E-state index in [1.54, 1.807) is 25.2 Å². The number of aromatic nitrogens is 1. The second kappa shape index (κ2) is 8.74. The van der Waals surface area contributed by atoms with Gasteiger partial charge in [0.15, 0.2) is 0 Å². The summed E-state index contributed by atoms with van der Waals surface area (Å²) in [6.07, 6.45) is 3.75. The first kappa shape index (κ1) is 20.8. The predicted octanol–water partition coefficient (Wildman–Crippen LogP) is 4.60. The number of aryl methyl sites for hydroxylation is 1. The third-order valence-corrected chi connectivity index (χ3v) is 6.92. The van der Waals surface area contributed by atoms with E-state index in [4.69, 9.17) is 11.6 Å². The van der Waals surface area contributed by atoms with E-state index in [1.807, 2.05) is 41.3 Å². The minimum absolute atomic E-state index is 0.00117. The zero-order valence-electron chi connectivity index (χ0n) is 17.1. The van der Waals surface area contributed by atoms with Crippen LogP contribution in [0.2, 0.25) is 5.02 Å². The van der Waals surface area contributed by atoms with Crippen LogP contribution >= 0.6 is 22.9 Å². The number of carbonyl (C=O) groups excluding carboxylic acids is 2. The van der Waals surface area contributed by atoms with Gasteiger partial charge in [0.1, 0.15) is 4.83 Å². The second-order valence-electron chi connectivity index (χ2n) is 7.86. The van der Waals surface area contributed by atoms with Gasteiger partial charge in [-0.05, 0) is 42.2 Å². The number of pyridine rings is 1. The Morgan fingerprint density at radius 3 is 2.87 bits per heavy atom. The fourth-order valence-electron chi connectivity index (χ4n) is 4.04. The van der Waals surface area contributed by atoms with Gasteiger partial charge in [-0.15, -0.1) is 11.3 Å². The van der Waals surface area contributed by atoms with Gasteiger partial charge in [-0.2, -0.15) is 0 Å². The fourth-order valence-corrected chi connectivity index (χ4v) is 5.51. The smallest absolute Gasteiger partial charge is 0.263 e. The number of hydrogen-bond donors (Lipinski definition) is 0. The molecule has 5 nitrogen and oxygen atoms in total. The van der Waals surface area contributed by atoms with Crippen LogP contribution in [0.3, 0.4) is 0 Å². The molecule has 1 aliphatic rings. The third kappa shape index (κ3) is 4.20. The molecule has 0 unspecified atom stereocenters. The lowest BCUT2D eigenvalue weighted by atomic mass is 9.95. The molecule has 0 bridgehead atoms. The van der Waals surface area contributed by atoms with E-state index >= 15 is 0 Å². The lowest BCUT2D eigenvalue weighted by Crippen LogP contribution is -2.29. The molecular formula is C23H24ClN3O2S. The van der Waals surface area contributed by atoms with E-state index in [0.717, 1.165) is 32.6 Å². The predicted molar refractivity (Wildman–Crippen MR) is 121 cm³/mol. The van der Waals surface area contributed by atoms with Crippen LogP contribution in [0.1, 0.15) is 39.6 Å². The van der Waals surface area contributed by atoms with Crippen molar-refractivity contribution in [2.24, 2.45) is 0 Å². The average molecular weight is 442 g/mol. The van der Waals surface area contributed by atoms with E-state index in [9.17, 15) is 9.59 Å². The zero-order chi connectivity index (χ0) is 21.3. The molecule has 1 aromatic carbocycles. The lowest BCUT2D eigenvalue weighted by molar-refractivity contribution is -0.130. The maximum Gasteiger partial charge on any atom is 0.263 e. The Hall–Kier alpha value is -2.44. The SMILES string of the molecule is CN(C)C(=O)c1sc2ncccc2c1[C@@H]1CCN(C(=O)CCc2cccc(Cl)c2)C1. The van der Waals surface area contributed by atoms with Gasteiger partial charge in [0.25, 0.3) is 5.91 Å². The minimum Gasteiger partial charge on any atom is -0.344 e. The maximum absolute atomic E-state index is 12.8. The number of fused-ring (bicyclic) bond motifs is 1. The summed E-state index contributed by atoms with van der Waals surface area (Å²) in [7, 11) is 3.54. The lowest BCUT2D eigenvalue weighted by Gasteiger charge is -2.18. The molecule has 156 valence electrons. The monoisotopic (exact) mass is 441 g/mol. The van der Waals surface area contributed by atoms with Gasteiger partial charge in [-0.3, -0.25) is 9.59 Å². The number of carbonyl (C=O) groups is 2. The number of hydrogen-bond acceptors (Lipinski definition) is 4. The Labute approximate surface area is 185 Å². The van der Waals surface area contributed by atoms with Crippen LogP contribution in [0.4, 0.5) is 0 Å².